The number of ether oxygens (including phenoxy) is 2. The van der Waals surface area contributed by atoms with Crippen molar-refractivity contribution >= 4 is 11.6 Å². The number of rotatable bonds is 6. The molecule has 1 saturated heterocycles. The van der Waals surface area contributed by atoms with E-state index in [0.717, 1.165) is 19.6 Å². The Labute approximate surface area is 112 Å². The van der Waals surface area contributed by atoms with Crippen molar-refractivity contribution in [3.63, 3.8) is 0 Å². The van der Waals surface area contributed by atoms with Crippen molar-refractivity contribution in [2.75, 3.05) is 26.4 Å². The predicted octanol–water partition coefficient (Wildman–Crippen LogP) is 1.46. The van der Waals surface area contributed by atoms with Gasteiger partial charge in [-0.3, -0.25) is 0 Å². The third kappa shape index (κ3) is 4.46. The average molecular weight is 272 g/mol. The fourth-order valence-corrected chi connectivity index (χ4v) is 1.91. The number of hydrogen-bond donors (Lipinski definition) is 2. The quantitative estimate of drug-likeness (QED) is 0.822. The monoisotopic (exact) mass is 271 g/mol. The molecule has 100 valence electrons. The number of benzene rings is 1. The summed E-state index contributed by atoms with van der Waals surface area (Å²) < 4.78 is 10.7. The van der Waals surface area contributed by atoms with Crippen LogP contribution in [0.1, 0.15) is 6.42 Å². The maximum absolute atomic E-state index is 9.77. The first-order chi connectivity index (χ1) is 8.74. The van der Waals surface area contributed by atoms with Gasteiger partial charge in [-0.1, -0.05) is 11.6 Å². The van der Waals surface area contributed by atoms with Gasteiger partial charge in [0.15, 0.2) is 0 Å². The Bertz CT molecular complexity index is 352. The summed E-state index contributed by atoms with van der Waals surface area (Å²) in [4.78, 5) is 0. The minimum atomic E-state index is -0.527. The fraction of sp³-hybridized carbons (Fsp3) is 0.538. The second-order valence-corrected chi connectivity index (χ2v) is 4.82. The van der Waals surface area contributed by atoms with E-state index in [4.69, 9.17) is 21.1 Å². The Balaban J connectivity index is 1.64. The van der Waals surface area contributed by atoms with E-state index in [-0.39, 0.29) is 6.61 Å². The van der Waals surface area contributed by atoms with Crippen molar-refractivity contribution in [2.24, 2.45) is 0 Å². The van der Waals surface area contributed by atoms with Crippen LogP contribution in [-0.2, 0) is 4.74 Å². The highest BCUT2D eigenvalue weighted by Gasteiger charge is 2.16. The first-order valence-corrected chi connectivity index (χ1v) is 6.49. The summed E-state index contributed by atoms with van der Waals surface area (Å²) in [5, 5.41) is 13.7. The average Bonchev–Trinajstić information content (AvgIpc) is 2.89. The molecule has 0 aliphatic carbocycles. The van der Waals surface area contributed by atoms with Crippen LogP contribution in [0.5, 0.6) is 5.75 Å². The molecule has 0 saturated carbocycles. The van der Waals surface area contributed by atoms with E-state index in [1.165, 1.54) is 0 Å². The zero-order chi connectivity index (χ0) is 12.8. The lowest BCUT2D eigenvalue weighted by Crippen LogP contribution is -2.38. The maximum atomic E-state index is 9.77. The predicted molar refractivity (Wildman–Crippen MR) is 70.2 cm³/mol. The van der Waals surface area contributed by atoms with E-state index in [9.17, 15) is 5.11 Å². The van der Waals surface area contributed by atoms with Gasteiger partial charge in [-0.05, 0) is 30.7 Å². The summed E-state index contributed by atoms with van der Waals surface area (Å²) in [6.07, 6.45) is 0.478. The Hall–Kier alpha value is -0.810. The lowest BCUT2D eigenvalue weighted by molar-refractivity contribution is 0.102. The van der Waals surface area contributed by atoms with Gasteiger partial charge in [-0.15, -0.1) is 0 Å². The molecule has 4 nitrogen and oxygen atoms in total. The van der Waals surface area contributed by atoms with Crippen LogP contribution in [-0.4, -0.2) is 43.6 Å². The van der Waals surface area contributed by atoms with Crippen molar-refractivity contribution < 1.29 is 14.6 Å². The van der Waals surface area contributed by atoms with Crippen molar-refractivity contribution in [3.8, 4) is 5.75 Å². The molecule has 0 spiro atoms. The van der Waals surface area contributed by atoms with Gasteiger partial charge in [0.05, 0.1) is 6.61 Å². The molecule has 2 N–H and O–H groups in total. The highest BCUT2D eigenvalue weighted by molar-refractivity contribution is 6.30. The number of hydrogen-bond acceptors (Lipinski definition) is 4. The van der Waals surface area contributed by atoms with Crippen LogP contribution < -0.4 is 10.1 Å². The molecule has 1 heterocycles. The summed E-state index contributed by atoms with van der Waals surface area (Å²) in [6, 6.07) is 7.45. The summed E-state index contributed by atoms with van der Waals surface area (Å²) in [5.74, 6) is 0.711. The van der Waals surface area contributed by atoms with Crippen molar-refractivity contribution in [1.82, 2.24) is 5.32 Å². The molecule has 18 heavy (non-hydrogen) atoms. The molecular weight excluding hydrogens is 254 g/mol. The van der Waals surface area contributed by atoms with Gasteiger partial charge in [0.25, 0.3) is 0 Å². The molecule has 2 rings (SSSR count). The Morgan fingerprint density at radius 1 is 1.44 bits per heavy atom. The molecule has 2 atom stereocenters. The first-order valence-electron chi connectivity index (χ1n) is 6.11. The lowest BCUT2D eigenvalue weighted by atomic mass is 10.2. The zero-order valence-electron chi connectivity index (χ0n) is 10.1. The number of nitrogens with one attached hydrogen (secondary N) is 1. The van der Waals surface area contributed by atoms with Gasteiger partial charge in [0.2, 0.25) is 0 Å². The lowest BCUT2D eigenvalue weighted by Gasteiger charge is -2.16. The van der Waals surface area contributed by atoms with E-state index < -0.39 is 6.10 Å². The molecule has 1 fully saturated rings. The third-order valence-electron chi connectivity index (χ3n) is 2.83. The standard InChI is InChI=1S/C13H18ClNO3/c14-10-1-3-13(4-2-10)18-9-12(16)7-15-11-5-6-17-8-11/h1-4,11-12,15-16H,5-9H2. The minimum absolute atomic E-state index is 0.266. The minimum Gasteiger partial charge on any atom is -0.491 e. The Kier molecular flexibility index (Phi) is 5.26. The van der Waals surface area contributed by atoms with Crippen molar-refractivity contribution in [1.29, 1.82) is 0 Å². The van der Waals surface area contributed by atoms with E-state index in [1.807, 2.05) is 0 Å². The highest BCUT2D eigenvalue weighted by Crippen LogP contribution is 2.15. The van der Waals surface area contributed by atoms with E-state index in [1.54, 1.807) is 24.3 Å². The SMILES string of the molecule is OC(CNC1CCOC1)COc1ccc(Cl)cc1. The fourth-order valence-electron chi connectivity index (χ4n) is 1.78. The Morgan fingerprint density at radius 2 is 2.22 bits per heavy atom. The van der Waals surface area contributed by atoms with Gasteiger partial charge in [0.1, 0.15) is 18.5 Å². The van der Waals surface area contributed by atoms with Gasteiger partial charge in [-0.25, -0.2) is 0 Å². The topological polar surface area (TPSA) is 50.7 Å². The number of halogens is 1. The Morgan fingerprint density at radius 3 is 2.89 bits per heavy atom. The molecule has 1 aliphatic rings. The molecule has 1 aromatic rings. The second kappa shape index (κ2) is 6.95. The van der Waals surface area contributed by atoms with Crippen molar-refractivity contribution in [3.05, 3.63) is 29.3 Å². The van der Waals surface area contributed by atoms with Crippen LogP contribution in [0.4, 0.5) is 0 Å². The normalized spacial score (nSPS) is 20.9. The van der Waals surface area contributed by atoms with Gasteiger partial charge >= 0.3 is 0 Å². The number of aliphatic hydroxyl groups excluding tert-OH is 1. The van der Waals surface area contributed by atoms with Crippen molar-refractivity contribution in [2.45, 2.75) is 18.6 Å². The zero-order valence-corrected chi connectivity index (χ0v) is 10.9. The van der Waals surface area contributed by atoms with Crippen LogP contribution in [0.3, 0.4) is 0 Å². The molecule has 1 aliphatic heterocycles. The van der Waals surface area contributed by atoms with Gasteiger partial charge in [-0.2, -0.15) is 0 Å². The summed E-state index contributed by atoms with van der Waals surface area (Å²) >= 11 is 5.77. The highest BCUT2D eigenvalue weighted by atomic mass is 35.5. The largest absolute Gasteiger partial charge is 0.491 e. The molecule has 0 bridgehead atoms. The first kappa shape index (κ1) is 13.6. The molecule has 1 aromatic carbocycles. The van der Waals surface area contributed by atoms with Crippen LogP contribution in [0, 0.1) is 0 Å². The molecule has 0 aromatic heterocycles. The van der Waals surface area contributed by atoms with Crippen LogP contribution in [0.15, 0.2) is 24.3 Å². The molecule has 2 unspecified atom stereocenters. The summed E-state index contributed by atoms with van der Waals surface area (Å²) in [7, 11) is 0. The molecular formula is C13H18ClNO3. The van der Waals surface area contributed by atoms with Crippen LogP contribution >= 0.6 is 11.6 Å². The van der Waals surface area contributed by atoms with E-state index in [0.29, 0.717) is 23.4 Å². The smallest absolute Gasteiger partial charge is 0.119 e. The molecule has 0 amide bonds. The van der Waals surface area contributed by atoms with Crippen LogP contribution in [0.25, 0.3) is 0 Å². The molecule has 0 radical (unpaired) electrons. The summed E-state index contributed by atoms with van der Waals surface area (Å²) in [5.41, 5.74) is 0. The van der Waals surface area contributed by atoms with Gasteiger partial charge in [0, 0.05) is 24.2 Å². The third-order valence-corrected chi connectivity index (χ3v) is 3.08. The van der Waals surface area contributed by atoms with E-state index in [2.05, 4.69) is 5.32 Å². The summed E-state index contributed by atoms with van der Waals surface area (Å²) in [6.45, 7) is 2.31. The number of aliphatic hydroxyl groups is 1. The maximum Gasteiger partial charge on any atom is 0.119 e. The van der Waals surface area contributed by atoms with Crippen LogP contribution in [0.2, 0.25) is 5.02 Å². The second-order valence-electron chi connectivity index (χ2n) is 4.39. The van der Waals surface area contributed by atoms with E-state index >= 15 is 0 Å². The molecule has 5 heteroatoms. The van der Waals surface area contributed by atoms with Gasteiger partial charge < -0.3 is 19.9 Å².